The van der Waals surface area contributed by atoms with Gasteiger partial charge in [-0.15, -0.1) is 0 Å². The quantitative estimate of drug-likeness (QED) is 0.913. The molecular formula is C15H19N3O. The van der Waals surface area contributed by atoms with Gasteiger partial charge in [0.1, 0.15) is 6.33 Å². The first kappa shape index (κ1) is 13.5. The Labute approximate surface area is 113 Å². The first-order chi connectivity index (χ1) is 9.10. The van der Waals surface area contributed by atoms with E-state index in [2.05, 4.69) is 42.0 Å². The maximum absolute atomic E-state index is 6.29. The summed E-state index contributed by atoms with van der Waals surface area (Å²) in [7, 11) is 1.59. The van der Waals surface area contributed by atoms with E-state index in [1.54, 1.807) is 7.11 Å². The largest absolute Gasteiger partial charge is 0.481 e. The fourth-order valence-electron chi connectivity index (χ4n) is 2.09. The first-order valence-electron chi connectivity index (χ1n) is 6.28. The van der Waals surface area contributed by atoms with E-state index in [4.69, 9.17) is 10.5 Å². The van der Waals surface area contributed by atoms with Crippen LogP contribution in [0, 0.1) is 13.8 Å². The summed E-state index contributed by atoms with van der Waals surface area (Å²) in [6.07, 6.45) is 2.17. The zero-order valence-electron chi connectivity index (χ0n) is 11.6. The number of methoxy groups -OCH3 is 1. The lowest BCUT2D eigenvalue weighted by Crippen LogP contribution is -2.15. The molecule has 0 spiro atoms. The Morgan fingerprint density at radius 2 is 2.00 bits per heavy atom. The molecule has 2 rings (SSSR count). The van der Waals surface area contributed by atoms with Crippen LogP contribution >= 0.6 is 0 Å². The highest BCUT2D eigenvalue weighted by atomic mass is 16.5. The highest BCUT2D eigenvalue weighted by Crippen LogP contribution is 2.21. The topological polar surface area (TPSA) is 61.0 Å². The number of nitrogens with two attached hydrogens (primary N) is 1. The van der Waals surface area contributed by atoms with Gasteiger partial charge in [0.15, 0.2) is 0 Å². The van der Waals surface area contributed by atoms with Crippen molar-refractivity contribution >= 4 is 0 Å². The highest BCUT2D eigenvalue weighted by Gasteiger charge is 2.11. The third-order valence-corrected chi connectivity index (χ3v) is 3.17. The first-order valence-corrected chi connectivity index (χ1v) is 6.28. The second-order valence-corrected chi connectivity index (χ2v) is 4.72. The fourth-order valence-corrected chi connectivity index (χ4v) is 2.09. The number of rotatable bonds is 4. The van der Waals surface area contributed by atoms with Crippen molar-refractivity contribution in [3.63, 3.8) is 0 Å². The molecule has 2 aromatic rings. The van der Waals surface area contributed by atoms with E-state index in [0.29, 0.717) is 12.3 Å². The van der Waals surface area contributed by atoms with Gasteiger partial charge < -0.3 is 10.5 Å². The van der Waals surface area contributed by atoms with Gasteiger partial charge in [-0.05, 0) is 25.0 Å². The number of nitrogens with zero attached hydrogens (tertiary/aromatic N) is 2. The van der Waals surface area contributed by atoms with Crippen LogP contribution in [0.15, 0.2) is 30.6 Å². The minimum absolute atomic E-state index is 0.0699. The number of ether oxygens (including phenoxy) is 1. The number of aryl methyl sites for hydroxylation is 2. The van der Waals surface area contributed by atoms with Crippen molar-refractivity contribution in [2.75, 3.05) is 7.11 Å². The molecule has 0 radical (unpaired) electrons. The molecule has 0 fully saturated rings. The second-order valence-electron chi connectivity index (χ2n) is 4.72. The zero-order chi connectivity index (χ0) is 13.8. The smallest absolute Gasteiger partial charge is 0.216 e. The molecule has 0 bridgehead atoms. The molecule has 0 aliphatic rings. The third kappa shape index (κ3) is 3.29. The van der Waals surface area contributed by atoms with Crippen LogP contribution in [0.5, 0.6) is 5.88 Å². The van der Waals surface area contributed by atoms with Crippen LogP contribution in [0.2, 0.25) is 0 Å². The third-order valence-electron chi connectivity index (χ3n) is 3.17. The highest BCUT2D eigenvalue weighted by molar-refractivity contribution is 5.33. The van der Waals surface area contributed by atoms with Gasteiger partial charge in [-0.3, -0.25) is 0 Å². The number of hydrogen-bond donors (Lipinski definition) is 1. The van der Waals surface area contributed by atoms with Crippen molar-refractivity contribution in [2.24, 2.45) is 5.73 Å². The Hall–Kier alpha value is -1.94. The molecule has 100 valence electrons. The summed E-state index contributed by atoms with van der Waals surface area (Å²) in [5.41, 5.74) is 10.8. The molecule has 4 heteroatoms. The molecule has 1 heterocycles. The van der Waals surface area contributed by atoms with Crippen LogP contribution in [0.3, 0.4) is 0 Å². The maximum Gasteiger partial charge on any atom is 0.216 e. The summed E-state index contributed by atoms with van der Waals surface area (Å²) in [6.45, 7) is 4.15. The van der Waals surface area contributed by atoms with Gasteiger partial charge in [-0.2, -0.15) is 0 Å². The molecule has 0 saturated carbocycles. The molecule has 1 unspecified atom stereocenters. The van der Waals surface area contributed by atoms with Gasteiger partial charge in [-0.1, -0.05) is 23.8 Å². The Balaban J connectivity index is 2.20. The Morgan fingerprint density at radius 1 is 1.21 bits per heavy atom. The van der Waals surface area contributed by atoms with Crippen molar-refractivity contribution in [2.45, 2.75) is 26.3 Å². The normalized spacial score (nSPS) is 12.2. The fraction of sp³-hybridized carbons (Fsp3) is 0.333. The van der Waals surface area contributed by atoms with Gasteiger partial charge in [0, 0.05) is 24.2 Å². The summed E-state index contributed by atoms with van der Waals surface area (Å²) in [5.74, 6) is 0.568. The Bertz CT molecular complexity index is 569. The molecule has 19 heavy (non-hydrogen) atoms. The van der Waals surface area contributed by atoms with E-state index in [0.717, 1.165) is 11.3 Å². The van der Waals surface area contributed by atoms with Crippen LogP contribution in [0.25, 0.3) is 0 Å². The summed E-state index contributed by atoms with van der Waals surface area (Å²) in [5, 5.41) is 0. The van der Waals surface area contributed by atoms with E-state index in [1.807, 2.05) is 6.07 Å². The molecular weight excluding hydrogens is 238 g/mol. The summed E-state index contributed by atoms with van der Waals surface area (Å²) in [4.78, 5) is 8.23. The zero-order valence-corrected chi connectivity index (χ0v) is 11.6. The Kier molecular flexibility index (Phi) is 4.12. The predicted molar refractivity (Wildman–Crippen MR) is 75.1 cm³/mol. The van der Waals surface area contributed by atoms with E-state index >= 15 is 0 Å². The Morgan fingerprint density at radius 3 is 2.74 bits per heavy atom. The predicted octanol–water partition coefficient (Wildman–Crippen LogP) is 2.34. The van der Waals surface area contributed by atoms with Crippen LogP contribution in [-0.4, -0.2) is 17.1 Å². The molecule has 0 saturated heterocycles. The summed E-state index contributed by atoms with van der Waals surface area (Å²) >= 11 is 0. The molecule has 0 aliphatic carbocycles. The minimum atomic E-state index is -0.0699. The lowest BCUT2D eigenvalue weighted by atomic mass is 9.96. The maximum atomic E-state index is 6.29. The van der Waals surface area contributed by atoms with Crippen LogP contribution in [-0.2, 0) is 6.42 Å². The molecule has 4 nitrogen and oxygen atoms in total. The van der Waals surface area contributed by atoms with E-state index < -0.39 is 0 Å². The van der Waals surface area contributed by atoms with E-state index in [-0.39, 0.29) is 6.04 Å². The van der Waals surface area contributed by atoms with Crippen LogP contribution < -0.4 is 10.5 Å². The van der Waals surface area contributed by atoms with Gasteiger partial charge in [0.05, 0.1) is 7.11 Å². The van der Waals surface area contributed by atoms with Crippen molar-refractivity contribution in [1.29, 1.82) is 0 Å². The molecule has 2 N–H and O–H groups in total. The summed E-state index contributed by atoms with van der Waals surface area (Å²) in [6, 6.07) is 8.09. The molecule has 1 aromatic heterocycles. The molecule has 0 amide bonds. The minimum Gasteiger partial charge on any atom is -0.481 e. The summed E-state index contributed by atoms with van der Waals surface area (Å²) < 4.78 is 5.09. The van der Waals surface area contributed by atoms with Crippen LogP contribution in [0.1, 0.15) is 28.4 Å². The number of aromatic nitrogens is 2. The molecule has 0 aliphatic heterocycles. The monoisotopic (exact) mass is 257 g/mol. The van der Waals surface area contributed by atoms with Gasteiger partial charge in [0.2, 0.25) is 5.88 Å². The van der Waals surface area contributed by atoms with Gasteiger partial charge in [0.25, 0.3) is 0 Å². The number of hydrogen-bond acceptors (Lipinski definition) is 4. The molecule has 1 atom stereocenters. The second kappa shape index (κ2) is 5.80. The lowest BCUT2D eigenvalue weighted by Gasteiger charge is -2.15. The van der Waals surface area contributed by atoms with Crippen LogP contribution in [0.4, 0.5) is 0 Å². The van der Waals surface area contributed by atoms with Crippen molar-refractivity contribution in [1.82, 2.24) is 9.97 Å². The average Bonchev–Trinajstić information content (AvgIpc) is 2.41. The number of benzene rings is 1. The van der Waals surface area contributed by atoms with Crippen molar-refractivity contribution in [3.05, 3.63) is 53.0 Å². The van der Waals surface area contributed by atoms with E-state index in [9.17, 15) is 0 Å². The van der Waals surface area contributed by atoms with Gasteiger partial charge >= 0.3 is 0 Å². The lowest BCUT2D eigenvalue weighted by molar-refractivity contribution is 0.395. The SMILES string of the molecule is COc1cc(CC(N)c2cc(C)ccc2C)ncn1. The van der Waals surface area contributed by atoms with Crippen molar-refractivity contribution in [3.8, 4) is 5.88 Å². The standard InChI is InChI=1S/C15H19N3O/c1-10-4-5-11(2)13(6-10)14(16)7-12-8-15(19-3)18-9-17-12/h4-6,8-9,14H,7,16H2,1-3H3. The van der Waals surface area contributed by atoms with E-state index in [1.165, 1.54) is 17.5 Å². The molecule has 1 aromatic carbocycles. The van der Waals surface area contributed by atoms with Gasteiger partial charge in [-0.25, -0.2) is 9.97 Å². The average molecular weight is 257 g/mol. The van der Waals surface area contributed by atoms with Crippen molar-refractivity contribution < 1.29 is 4.74 Å².